The highest BCUT2D eigenvalue weighted by atomic mass is 35.5. The third-order valence-electron chi connectivity index (χ3n) is 4.89. The Labute approximate surface area is 171 Å². The first-order valence-electron chi connectivity index (χ1n) is 8.23. The number of benzene rings is 3. The van der Waals surface area contributed by atoms with Crippen molar-refractivity contribution in [2.45, 2.75) is 5.92 Å². The number of nitrogens with zero attached hydrogens (tertiary/aromatic N) is 1. The quantitative estimate of drug-likeness (QED) is 0.476. The SMILES string of the molecule is CN1c2ccccc2C(C(=O)O)c2c(-c3cc(Cl)c(Cl)cc3Cl)cccc21. The van der Waals surface area contributed by atoms with E-state index >= 15 is 0 Å². The third-order valence-corrected chi connectivity index (χ3v) is 5.92. The van der Waals surface area contributed by atoms with Crippen molar-refractivity contribution in [1.29, 1.82) is 0 Å². The molecule has 136 valence electrons. The molecule has 1 heterocycles. The van der Waals surface area contributed by atoms with E-state index in [-0.39, 0.29) is 0 Å². The van der Waals surface area contributed by atoms with Crippen LogP contribution in [0, 0.1) is 0 Å². The van der Waals surface area contributed by atoms with Gasteiger partial charge in [0, 0.05) is 34.6 Å². The number of halogens is 3. The van der Waals surface area contributed by atoms with Crippen molar-refractivity contribution in [2.24, 2.45) is 0 Å². The highest BCUT2D eigenvalue weighted by molar-refractivity contribution is 6.44. The molecule has 3 aromatic carbocycles. The van der Waals surface area contributed by atoms with Gasteiger partial charge in [-0.25, -0.2) is 0 Å². The van der Waals surface area contributed by atoms with Crippen LogP contribution in [-0.2, 0) is 4.79 Å². The van der Waals surface area contributed by atoms with Crippen LogP contribution in [0.15, 0.2) is 54.6 Å². The predicted octanol–water partition coefficient (Wildman–Crippen LogP) is 6.61. The van der Waals surface area contributed by atoms with E-state index in [4.69, 9.17) is 34.8 Å². The fourth-order valence-electron chi connectivity index (χ4n) is 3.69. The van der Waals surface area contributed by atoms with Crippen molar-refractivity contribution >= 4 is 52.1 Å². The summed E-state index contributed by atoms with van der Waals surface area (Å²) >= 11 is 18.7. The predicted molar refractivity (Wildman–Crippen MR) is 111 cm³/mol. The molecule has 4 rings (SSSR count). The van der Waals surface area contributed by atoms with Crippen molar-refractivity contribution in [3.05, 3.63) is 80.8 Å². The maximum Gasteiger partial charge on any atom is 0.315 e. The van der Waals surface area contributed by atoms with Gasteiger partial charge >= 0.3 is 5.97 Å². The van der Waals surface area contributed by atoms with Crippen LogP contribution in [0.2, 0.25) is 15.1 Å². The van der Waals surface area contributed by atoms with Crippen LogP contribution >= 0.6 is 34.8 Å². The summed E-state index contributed by atoms with van der Waals surface area (Å²) in [4.78, 5) is 14.3. The van der Waals surface area contributed by atoms with Crippen molar-refractivity contribution in [3.8, 4) is 11.1 Å². The van der Waals surface area contributed by atoms with Crippen molar-refractivity contribution < 1.29 is 9.90 Å². The number of carboxylic acids is 1. The van der Waals surface area contributed by atoms with Crippen molar-refractivity contribution in [2.75, 3.05) is 11.9 Å². The fraction of sp³-hybridized carbons (Fsp3) is 0.0952. The lowest BCUT2D eigenvalue weighted by Gasteiger charge is -2.35. The van der Waals surface area contributed by atoms with E-state index in [2.05, 4.69) is 0 Å². The third kappa shape index (κ3) is 2.87. The molecule has 1 atom stereocenters. The minimum absolute atomic E-state index is 0.354. The molecule has 0 saturated carbocycles. The van der Waals surface area contributed by atoms with Crippen molar-refractivity contribution in [3.63, 3.8) is 0 Å². The number of anilines is 2. The number of hydrogen-bond donors (Lipinski definition) is 1. The number of aliphatic carboxylic acids is 1. The van der Waals surface area contributed by atoms with E-state index in [0.717, 1.165) is 22.5 Å². The molecule has 0 aromatic heterocycles. The lowest BCUT2D eigenvalue weighted by molar-refractivity contribution is -0.137. The molecule has 0 spiro atoms. The van der Waals surface area contributed by atoms with Crippen LogP contribution in [0.25, 0.3) is 11.1 Å². The van der Waals surface area contributed by atoms with Gasteiger partial charge in [-0.3, -0.25) is 4.79 Å². The van der Waals surface area contributed by atoms with Gasteiger partial charge in [-0.15, -0.1) is 0 Å². The lowest BCUT2D eigenvalue weighted by Crippen LogP contribution is -2.26. The lowest BCUT2D eigenvalue weighted by atomic mass is 9.81. The van der Waals surface area contributed by atoms with E-state index in [9.17, 15) is 9.90 Å². The number of fused-ring (bicyclic) bond motifs is 2. The second kappa shape index (κ2) is 6.75. The summed E-state index contributed by atoms with van der Waals surface area (Å²) in [5.41, 5.74) is 4.50. The first kappa shape index (κ1) is 18.2. The maximum absolute atomic E-state index is 12.3. The Hall–Kier alpha value is -2.20. The minimum Gasteiger partial charge on any atom is -0.481 e. The smallest absolute Gasteiger partial charge is 0.315 e. The Bertz CT molecular complexity index is 1080. The Morgan fingerprint density at radius 1 is 0.889 bits per heavy atom. The molecule has 3 nitrogen and oxygen atoms in total. The largest absolute Gasteiger partial charge is 0.481 e. The van der Waals surface area contributed by atoms with E-state index in [1.807, 2.05) is 54.4 Å². The maximum atomic E-state index is 12.3. The van der Waals surface area contributed by atoms with Gasteiger partial charge in [-0.1, -0.05) is 65.1 Å². The Kier molecular flexibility index (Phi) is 4.55. The van der Waals surface area contributed by atoms with Crippen LogP contribution < -0.4 is 4.90 Å². The van der Waals surface area contributed by atoms with Gasteiger partial charge in [-0.2, -0.15) is 0 Å². The highest BCUT2D eigenvalue weighted by Gasteiger charge is 2.35. The number of rotatable bonds is 2. The number of carboxylic acid groups (broad SMARTS) is 1. The van der Waals surface area contributed by atoms with E-state index < -0.39 is 11.9 Å². The Morgan fingerprint density at radius 2 is 1.56 bits per heavy atom. The zero-order valence-electron chi connectivity index (χ0n) is 14.2. The van der Waals surface area contributed by atoms with Gasteiger partial charge < -0.3 is 10.0 Å². The van der Waals surface area contributed by atoms with Gasteiger partial charge in [0.25, 0.3) is 0 Å². The minimum atomic E-state index is -0.916. The van der Waals surface area contributed by atoms with E-state index in [1.54, 1.807) is 12.1 Å². The summed E-state index contributed by atoms with van der Waals surface area (Å²) in [6, 6.07) is 16.4. The molecule has 0 saturated heterocycles. The number of hydrogen-bond acceptors (Lipinski definition) is 2. The van der Waals surface area contributed by atoms with E-state index in [0.29, 0.717) is 26.2 Å². The molecule has 3 aromatic rings. The van der Waals surface area contributed by atoms with Gasteiger partial charge in [0.05, 0.1) is 10.0 Å². The van der Waals surface area contributed by atoms with Crippen LogP contribution in [0.3, 0.4) is 0 Å². The highest BCUT2D eigenvalue weighted by Crippen LogP contribution is 2.49. The molecule has 0 bridgehead atoms. The second-order valence-electron chi connectivity index (χ2n) is 6.37. The monoisotopic (exact) mass is 417 g/mol. The first-order valence-corrected chi connectivity index (χ1v) is 9.37. The molecule has 0 radical (unpaired) electrons. The van der Waals surface area contributed by atoms with Gasteiger partial charge in [-0.05, 0) is 35.4 Å². The van der Waals surface area contributed by atoms with E-state index in [1.165, 1.54) is 0 Å². The molecule has 1 aliphatic heterocycles. The first-order chi connectivity index (χ1) is 12.9. The Balaban J connectivity index is 2.05. The van der Waals surface area contributed by atoms with Crippen LogP contribution in [0.5, 0.6) is 0 Å². The molecule has 27 heavy (non-hydrogen) atoms. The summed E-state index contributed by atoms with van der Waals surface area (Å²) in [7, 11) is 1.93. The van der Waals surface area contributed by atoms with Crippen LogP contribution in [-0.4, -0.2) is 18.1 Å². The average Bonchev–Trinajstić information content (AvgIpc) is 2.64. The molecular formula is C21H14Cl3NO2. The average molecular weight is 419 g/mol. The standard InChI is InChI=1S/C21H14Cl3NO2/c1-25-17-7-3-2-5-12(17)20(21(26)27)19-11(6-4-8-18(19)25)13-9-15(23)16(24)10-14(13)22/h2-10,20H,1H3,(H,26,27). The molecular weight excluding hydrogens is 405 g/mol. The summed E-state index contributed by atoms with van der Waals surface area (Å²) in [6.45, 7) is 0. The van der Waals surface area contributed by atoms with Crippen LogP contribution in [0.1, 0.15) is 17.0 Å². The molecule has 0 amide bonds. The van der Waals surface area contributed by atoms with Crippen LogP contribution in [0.4, 0.5) is 11.4 Å². The molecule has 1 N–H and O–H groups in total. The van der Waals surface area contributed by atoms with Crippen molar-refractivity contribution in [1.82, 2.24) is 0 Å². The zero-order valence-corrected chi connectivity index (χ0v) is 16.5. The molecule has 1 unspecified atom stereocenters. The second-order valence-corrected chi connectivity index (χ2v) is 7.60. The summed E-state index contributed by atoms with van der Waals surface area (Å²) in [5.74, 6) is -1.73. The molecule has 1 aliphatic rings. The number of para-hydroxylation sites is 1. The normalized spacial score (nSPS) is 15.3. The van der Waals surface area contributed by atoms with Gasteiger partial charge in [0.1, 0.15) is 5.92 Å². The summed E-state index contributed by atoms with van der Waals surface area (Å²) in [5, 5.41) is 11.2. The molecule has 0 aliphatic carbocycles. The fourth-order valence-corrected chi connectivity index (χ4v) is 4.34. The van der Waals surface area contributed by atoms with Gasteiger partial charge in [0.2, 0.25) is 0 Å². The topological polar surface area (TPSA) is 40.5 Å². The van der Waals surface area contributed by atoms with Gasteiger partial charge in [0.15, 0.2) is 0 Å². The zero-order chi connectivity index (χ0) is 19.3. The molecule has 0 fully saturated rings. The number of carbonyl (C=O) groups is 1. The Morgan fingerprint density at radius 3 is 2.30 bits per heavy atom. The molecule has 6 heteroatoms. The summed E-state index contributed by atoms with van der Waals surface area (Å²) in [6.07, 6.45) is 0. The summed E-state index contributed by atoms with van der Waals surface area (Å²) < 4.78 is 0.